The lowest BCUT2D eigenvalue weighted by Gasteiger charge is -2.15. The molecule has 0 N–H and O–H groups in total. The van der Waals surface area contributed by atoms with Crippen LogP contribution in [-0.4, -0.2) is 26.8 Å². The number of anilines is 2. The highest BCUT2D eigenvalue weighted by Gasteiger charge is 2.10. The Labute approximate surface area is 88.4 Å². The molecule has 0 amide bonds. The van der Waals surface area contributed by atoms with Crippen molar-refractivity contribution in [1.82, 2.24) is 19.7 Å². The molecule has 0 saturated heterocycles. The Morgan fingerprint density at radius 2 is 1.93 bits per heavy atom. The first kappa shape index (κ1) is 9.64. The van der Waals surface area contributed by atoms with Crippen LogP contribution in [-0.2, 0) is 7.05 Å². The Kier molecular flexibility index (Phi) is 2.37. The summed E-state index contributed by atoms with van der Waals surface area (Å²) < 4.78 is 1.81. The molecule has 2 aromatic heterocycles. The topological polar surface area (TPSA) is 46.8 Å². The first-order valence-corrected chi connectivity index (χ1v) is 4.70. The van der Waals surface area contributed by atoms with Gasteiger partial charge in [-0.05, 0) is 13.0 Å². The van der Waals surface area contributed by atoms with Crippen LogP contribution in [0.15, 0.2) is 24.5 Å². The van der Waals surface area contributed by atoms with Crippen LogP contribution < -0.4 is 4.90 Å². The van der Waals surface area contributed by atoms with Gasteiger partial charge in [0.15, 0.2) is 0 Å². The number of aromatic nitrogens is 4. The summed E-state index contributed by atoms with van der Waals surface area (Å²) in [5.74, 6) is 1.64. The Balaban J connectivity index is 2.36. The van der Waals surface area contributed by atoms with E-state index in [0.717, 1.165) is 11.5 Å². The van der Waals surface area contributed by atoms with Gasteiger partial charge in [0.1, 0.15) is 5.82 Å². The third kappa shape index (κ3) is 1.81. The normalized spacial score (nSPS) is 10.3. The van der Waals surface area contributed by atoms with Gasteiger partial charge in [0, 0.05) is 32.6 Å². The van der Waals surface area contributed by atoms with Gasteiger partial charge in [0.2, 0.25) is 5.95 Å². The van der Waals surface area contributed by atoms with Crippen LogP contribution in [0.4, 0.5) is 11.8 Å². The van der Waals surface area contributed by atoms with Crippen LogP contribution in [0.2, 0.25) is 0 Å². The summed E-state index contributed by atoms with van der Waals surface area (Å²) in [6, 6.07) is 3.79. The number of hydrogen-bond acceptors (Lipinski definition) is 4. The maximum absolute atomic E-state index is 4.28. The molecule has 5 heteroatoms. The molecule has 0 aliphatic heterocycles. The Bertz CT molecular complexity index is 448. The third-order valence-corrected chi connectivity index (χ3v) is 2.17. The van der Waals surface area contributed by atoms with Crippen molar-refractivity contribution in [2.45, 2.75) is 6.92 Å². The van der Waals surface area contributed by atoms with E-state index >= 15 is 0 Å². The van der Waals surface area contributed by atoms with Crippen LogP contribution in [0.5, 0.6) is 0 Å². The zero-order chi connectivity index (χ0) is 10.8. The Morgan fingerprint density at radius 1 is 1.27 bits per heavy atom. The van der Waals surface area contributed by atoms with Crippen LogP contribution in [0.1, 0.15) is 5.69 Å². The minimum Gasteiger partial charge on any atom is -0.298 e. The lowest BCUT2D eigenvalue weighted by atomic mass is 10.4. The molecule has 0 bridgehead atoms. The van der Waals surface area contributed by atoms with E-state index in [-0.39, 0.29) is 0 Å². The van der Waals surface area contributed by atoms with Crippen LogP contribution >= 0.6 is 0 Å². The number of aryl methyl sites for hydroxylation is 2. The van der Waals surface area contributed by atoms with E-state index in [1.165, 1.54) is 0 Å². The summed E-state index contributed by atoms with van der Waals surface area (Å²) >= 11 is 0. The molecule has 0 atom stereocenters. The van der Waals surface area contributed by atoms with Crippen LogP contribution in [0.25, 0.3) is 0 Å². The predicted octanol–water partition coefficient (Wildman–Crippen LogP) is 1.29. The van der Waals surface area contributed by atoms with E-state index in [9.17, 15) is 0 Å². The van der Waals surface area contributed by atoms with Crippen molar-refractivity contribution in [1.29, 1.82) is 0 Å². The van der Waals surface area contributed by atoms with Crippen molar-refractivity contribution in [3.63, 3.8) is 0 Å². The molecule has 0 unspecified atom stereocenters. The Morgan fingerprint density at radius 3 is 2.47 bits per heavy atom. The van der Waals surface area contributed by atoms with Gasteiger partial charge in [-0.15, -0.1) is 0 Å². The highest BCUT2D eigenvalue weighted by molar-refractivity contribution is 5.51. The zero-order valence-corrected chi connectivity index (χ0v) is 9.05. The summed E-state index contributed by atoms with van der Waals surface area (Å²) in [5.41, 5.74) is 0.982. The average molecular weight is 203 g/mol. The largest absolute Gasteiger partial charge is 0.298 e. The van der Waals surface area contributed by atoms with E-state index in [4.69, 9.17) is 0 Å². The third-order valence-electron chi connectivity index (χ3n) is 2.17. The van der Waals surface area contributed by atoms with Gasteiger partial charge < -0.3 is 0 Å². The zero-order valence-electron chi connectivity index (χ0n) is 9.05. The van der Waals surface area contributed by atoms with Gasteiger partial charge in [0.05, 0.1) is 5.69 Å². The fourth-order valence-electron chi connectivity index (χ4n) is 1.48. The van der Waals surface area contributed by atoms with E-state index in [1.54, 1.807) is 18.5 Å². The fraction of sp³-hybridized carbons (Fsp3) is 0.300. The second kappa shape index (κ2) is 3.68. The van der Waals surface area contributed by atoms with Gasteiger partial charge in [0.25, 0.3) is 0 Å². The minimum absolute atomic E-state index is 0.667. The van der Waals surface area contributed by atoms with E-state index < -0.39 is 0 Å². The SMILES string of the molecule is Cc1cc(N(C)c2ncccn2)n(C)n1. The van der Waals surface area contributed by atoms with Crippen molar-refractivity contribution in [3.05, 3.63) is 30.2 Å². The number of nitrogens with zero attached hydrogens (tertiary/aromatic N) is 5. The van der Waals surface area contributed by atoms with Crippen molar-refractivity contribution in [2.24, 2.45) is 7.05 Å². The first-order chi connectivity index (χ1) is 7.18. The molecular weight excluding hydrogens is 190 g/mol. The molecule has 0 aromatic carbocycles. The van der Waals surface area contributed by atoms with E-state index in [1.807, 2.05) is 36.7 Å². The van der Waals surface area contributed by atoms with Crippen LogP contribution in [0, 0.1) is 6.92 Å². The molecule has 2 aromatic rings. The minimum atomic E-state index is 0.667. The van der Waals surface area contributed by atoms with Crippen molar-refractivity contribution in [3.8, 4) is 0 Å². The summed E-state index contributed by atoms with van der Waals surface area (Å²) in [7, 11) is 3.83. The highest BCUT2D eigenvalue weighted by Crippen LogP contribution is 2.19. The molecule has 0 fully saturated rings. The molecular formula is C10H13N5. The van der Waals surface area contributed by atoms with Gasteiger partial charge >= 0.3 is 0 Å². The lowest BCUT2D eigenvalue weighted by Crippen LogP contribution is -2.15. The van der Waals surface area contributed by atoms with Crippen molar-refractivity contribution in [2.75, 3.05) is 11.9 Å². The number of hydrogen-bond donors (Lipinski definition) is 0. The maximum Gasteiger partial charge on any atom is 0.230 e. The fourth-order valence-corrected chi connectivity index (χ4v) is 1.48. The van der Waals surface area contributed by atoms with Crippen molar-refractivity contribution >= 4 is 11.8 Å². The van der Waals surface area contributed by atoms with E-state index in [2.05, 4.69) is 15.1 Å². The van der Waals surface area contributed by atoms with Gasteiger partial charge in [-0.3, -0.25) is 9.58 Å². The lowest BCUT2D eigenvalue weighted by molar-refractivity contribution is 0.746. The molecule has 2 rings (SSSR count). The molecule has 0 aliphatic carbocycles. The second-order valence-corrected chi connectivity index (χ2v) is 3.38. The van der Waals surface area contributed by atoms with E-state index in [0.29, 0.717) is 5.95 Å². The van der Waals surface area contributed by atoms with Gasteiger partial charge in [-0.2, -0.15) is 5.10 Å². The Hall–Kier alpha value is -1.91. The molecule has 5 nitrogen and oxygen atoms in total. The quantitative estimate of drug-likeness (QED) is 0.737. The summed E-state index contributed by atoms with van der Waals surface area (Å²) in [6.07, 6.45) is 3.45. The average Bonchev–Trinajstić information content (AvgIpc) is 2.58. The number of rotatable bonds is 2. The summed E-state index contributed by atoms with van der Waals surface area (Å²) in [4.78, 5) is 10.3. The van der Waals surface area contributed by atoms with Gasteiger partial charge in [-0.25, -0.2) is 9.97 Å². The van der Waals surface area contributed by atoms with Crippen molar-refractivity contribution < 1.29 is 0 Å². The summed E-state index contributed by atoms with van der Waals surface area (Å²) in [5, 5.41) is 4.28. The predicted molar refractivity (Wildman–Crippen MR) is 58.0 cm³/mol. The monoisotopic (exact) mass is 203 g/mol. The molecule has 0 saturated carbocycles. The molecule has 0 aliphatic rings. The standard InChI is InChI=1S/C10H13N5/c1-8-7-9(15(3)13-8)14(2)10-11-5-4-6-12-10/h4-7H,1-3H3. The second-order valence-electron chi connectivity index (χ2n) is 3.38. The molecule has 2 heterocycles. The summed E-state index contributed by atoms with van der Waals surface area (Å²) in [6.45, 7) is 1.96. The maximum atomic E-state index is 4.28. The van der Waals surface area contributed by atoms with Crippen LogP contribution in [0.3, 0.4) is 0 Å². The molecule has 0 spiro atoms. The molecule has 78 valence electrons. The first-order valence-electron chi connectivity index (χ1n) is 4.70. The highest BCUT2D eigenvalue weighted by atomic mass is 15.4. The van der Waals surface area contributed by atoms with Gasteiger partial charge in [-0.1, -0.05) is 0 Å². The molecule has 15 heavy (non-hydrogen) atoms. The smallest absolute Gasteiger partial charge is 0.230 e. The molecule has 0 radical (unpaired) electrons.